The largest absolute Gasteiger partial charge is 0.459 e. The Morgan fingerprint density at radius 2 is 2.25 bits per heavy atom. The molecule has 0 radical (unpaired) electrons. The molecule has 1 aromatic heterocycles. The fourth-order valence-corrected chi connectivity index (χ4v) is 1.43. The number of rotatable bonds is 5. The number of methoxy groups -OCH3 is 1. The van der Waals surface area contributed by atoms with Crippen molar-refractivity contribution in [1.29, 1.82) is 0 Å². The molecule has 1 heterocycles. The van der Waals surface area contributed by atoms with Crippen LogP contribution in [0.5, 0.6) is 0 Å². The van der Waals surface area contributed by atoms with Crippen molar-refractivity contribution < 1.29 is 23.5 Å². The van der Waals surface area contributed by atoms with Crippen LogP contribution in [0.4, 0.5) is 10.7 Å². The first-order valence-corrected chi connectivity index (χ1v) is 6.23. The minimum Gasteiger partial charge on any atom is -0.459 e. The minimum atomic E-state index is -0.571. The van der Waals surface area contributed by atoms with Crippen LogP contribution in [0.3, 0.4) is 0 Å². The number of unbranched alkanes of at least 4 members (excludes halogenated alkanes) is 1. The first kappa shape index (κ1) is 15.6. The molecular weight excluding hydrogens is 262 g/mol. The molecule has 1 amide bonds. The molecule has 1 rings (SSSR count). The van der Waals surface area contributed by atoms with Crippen molar-refractivity contribution in [2.75, 3.05) is 25.2 Å². The molecule has 0 atom stereocenters. The Kier molecular flexibility index (Phi) is 6.76. The van der Waals surface area contributed by atoms with E-state index in [1.165, 1.54) is 18.3 Å². The van der Waals surface area contributed by atoms with Gasteiger partial charge in [0, 0.05) is 25.0 Å². The number of carbonyl (C=O) groups excluding carboxylic acids is 2. The van der Waals surface area contributed by atoms with Crippen LogP contribution in [-0.2, 0) is 14.3 Å². The fourth-order valence-electron chi connectivity index (χ4n) is 1.43. The SMILES string of the molecule is CCOC(=O)N(CCCC#CC(=O)OC)c1ccco1. The van der Waals surface area contributed by atoms with E-state index >= 15 is 0 Å². The van der Waals surface area contributed by atoms with Crippen molar-refractivity contribution in [3.8, 4) is 11.8 Å². The predicted octanol–water partition coefficient (Wildman–Crippen LogP) is 2.20. The lowest BCUT2D eigenvalue weighted by molar-refractivity contribution is -0.133. The third-order valence-electron chi connectivity index (χ3n) is 2.32. The van der Waals surface area contributed by atoms with Gasteiger partial charge in [0.25, 0.3) is 0 Å². The number of anilines is 1. The van der Waals surface area contributed by atoms with Gasteiger partial charge < -0.3 is 13.9 Å². The summed E-state index contributed by atoms with van der Waals surface area (Å²) in [5.74, 6) is 4.85. The number of esters is 1. The molecule has 0 unspecified atom stereocenters. The second kappa shape index (κ2) is 8.64. The maximum absolute atomic E-state index is 11.8. The van der Waals surface area contributed by atoms with E-state index < -0.39 is 12.1 Å². The van der Waals surface area contributed by atoms with E-state index in [2.05, 4.69) is 16.6 Å². The topological polar surface area (TPSA) is 69.0 Å². The van der Waals surface area contributed by atoms with Crippen molar-refractivity contribution in [3.63, 3.8) is 0 Å². The molecule has 1 aromatic rings. The lowest BCUT2D eigenvalue weighted by atomic mass is 10.3. The summed E-state index contributed by atoms with van der Waals surface area (Å²) < 4.78 is 14.5. The zero-order chi connectivity index (χ0) is 14.8. The molecule has 0 spiro atoms. The minimum absolute atomic E-state index is 0.290. The van der Waals surface area contributed by atoms with Crippen LogP contribution < -0.4 is 4.90 Å². The highest BCUT2D eigenvalue weighted by molar-refractivity contribution is 5.88. The van der Waals surface area contributed by atoms with Crippen LogP contribution >= 0.6 is 0 Å². The van der Waals surface area contributed by atoms with Gasteiger partial charge in [-0.2, -0.15) is 0 Å². The van der Waals surface area contributed by atoms with E-state index in [1.807, 2.05) is 0 Å². The number of carbonyl (C=O) groups is 2. The Labute approximate surface area is 117 Å². The van der Waals surface area contributed by atoms with Gasteiger partial charge in [-0.25, -0.2) is 14.5 Å². The van der Waals surface area contributed by atoms with E-state index in [9.17, 15) is 9.59 Å². The van der Waals surface area contributed by atoms with Gasteiger partial charge in [0.2, 0.25) is 5.88 Å². The quantitative estimate of drug-likeness (QED) is 0.358. The summed E-state index contributed by atoms with van der Waals surface area (Å²) >= 11 is 0. The third kappa shape index (κ3) is 5.06. The van der Waals surface area contributed by atoms with Gasteiger partial charge in [0.1, 0.15) is 0 Å². The first-order chi connectivity index (χ1) is 9.69. The molecule has 0 fully saturated rings. The Bertz CT molecular complexity index is 483. The molecule has 0 saturated heterocycles. The number of hydrogen-bond acceptors (Lipinski definition) is 5. The zero-order valence-electron chi connectivity index (χ0n) is 11.5. The molecule has 0 bridgehead atoms. The Morgan fingerprint density at radius 3 is 2.85 bits per heavy atom. The summed E-state index contributed by atoms with van der Waals surface area (Å²) in [5.41, 5.74) is 0. The van der Waals surface area contributed by atoms with Gasteiger partial charge >= 0.3 is 12.1 Å². The van der Waals surface area contributed by atoms with E-state index in [-0.39, 0.29) is 6.61 Å². The normalized spacial score (nSPS) is 9.30. The Morgan fingerprint density at radius 1 is 1.45 bits per heavy atom. The van der Waals surface area contributed by atoms with Gasteiger partial charge in [0.15, 0.2) is 0 Å². The number of ether oxygens (including phenoxy) is 2. The molecule has 0 aliphatic heterocycles. The highest BCUT2D eigenvalue weighted by Crippen LogP contribution is 2.16. The summed E-state index contributed by atoms with van der Waals surface area (Å²) in [5, 5.41) is 0. The second-order valence-corrected chi connectivity index (χ2v) is 3.70. The number of hydrogen-bond donors (Lipinski definition) is 0. The fraction of sp³-hybridized carbons (Fsp3) is 0.429. The van der Waals surface area contributed by atoms with Crippen molar-refractivity contribution in [3.05, 3.63) is 18.4 Å². The summed E-state index contributed by atoms with van der Waals surface area (Å²) in [6, 6.07) is 3.37. The maximum atomic E-state index is 11.8. The van der Waals surface area contributed by atoms with Gasteiger partial charge in [0.05, 0.1) is 20.0 Å². The smallest absolute Gasteiger partial charge is 0.416 e. The molecule has 0 saturated carbocycles. The summed E-state index contributed by atoms with van der Waals surface area (Å²) in [4.78, 5) is 24.0. The first-order valence-electron chi connectivity index (χ1n) is 6.23. The third-order valence-corrected chi connectivity index (χ3v) is 2.32. The second-order valence-electron chi connectivity index (χ2n) is 3.70. The van der Waals surface area contributed by atoms with Crippen LogP contribution in [-0.4, -0.2) is 32.3 Å². The maximum Gasteiger partial charge on any atom is 0.416 e. The van der Waals surface area contributed by atoms with Gasteiger partial charge in [-0.3, -0.25) is 0 Å². The molecule has 6 heteroatoms. The summed E-state index contributed by atoms with van der Waals surface area (Å²) in [6.07, 6.45) is 2.07. The average molecular weight is 279 g/mol. The standard InChI is InChI=1S/C14H17NO5/c1-3-19-14(17)15(12-8-7-11-20-12)10-6-4-5-9-13(16)18-2/h7-8,11H,3-4,6,10H2,1-2H3. The van der Waals surface area contributed by atoms with Crippen molar-refractivity contribution >= 4 is 17.9 Å². The number of furan rings is 1. The average Bonchev–Trinajstić information content (AvgIpc) is 2.96. The predicted molar refractivity (Wildman–Crippen MR) is 72.1 cm³/mol. The van der Waals surface area contributed by atoms with Crippen molar-refractivity contribution in [2.24, 2.45) is 0 Å². The van der Waals surface area contributed by atoms with Crippen LogP contribution in [0.15, 0.2) is 22.8 Å². The molecular formula is C14H17NO5. The van der Waals surface area contributed by atoms with E-state index in [0.717, 1.165) is 0 Å². The van der Waals surface area contributed by atoms with E-state index in [1.54, 1.807) is 19.1 Å². The van der Waals surface area contributed by atoms with Crippen LogP contribution in [0, 0.1) is 11.8 Å². The number of amides is 1. The van der Waals surface area contributed by atoms with E-state index in [0.29, 0.717) is 25.3 Å². The lowest BCUT2D eigenvalue weighted by Crippen LogP contribution is -2.32. The molecule has 0 aliphatic rings. The Hall–Kier alpha value is -2.42. The molecule has 0 aliphatic carbocycles. The molecule has 6 nitrogen and oxygen atoms in total. The highest BCUT2D eigenvalue weighted by Gasteiger charge is 2.18. The van der Waals surface area contributed by atoms with Gasteiger partial charge in [-0.15, -0.1) is 0 Å². The zero-order valence-corrected chi connectivity index (χ0v) is 11.5. The monoisotopic (exact) mass is 279 g/mol. The van der Waals surface area contributed by atoms with Crippen LogP contribution in [0.2, 0.25) is 0 Å². The highest BCUT2D eigenvalue weighted by atomic mass is 16.6. The van der Waals surface area contributed by atoms with E-state index in [4.69, 9.17) is 9.15 Å². The summed E-state index contributed by atoms with van der Waals surface area (Å²) in [6.45, 7) is 2.42. The van der Waals surface area contributed by atoms with Crippen molar-refractivity contribution in [2.45, 2.75) is 19.8 Å². The van der Waals surface area contributed by atoms with Crippen LogP contribution in [0.1, 0.15) is 19.8 Å². The molecule has 0 aromatic carbocycles. The van der Waals surface area contributed by atoms with Crippen molar-refractivity contribution in [1.82, 2.24) is 0 Å². The van der Waals surface area contributed by atoms with Crippen LogP contribution in [0.25, 0.3) is 0 Å². The van der Waals surface area contributed by atoms with Gasteiger partial charge in [-0.05, 0) is 19.4 Å². The Balaban J connectivity index is 2.51. The van der Waals surface area contributed by atoms with Gasteiger partial charge in [-0.1, -0.05) is 5.92 Å². The molecule has 108 valence electrons. The number of nitrogens with zero attached hydrogens (tertiary/aromatic N) is 1. The summed E-state index contributed by atoms with van der Waals surface area (Å²) in [7, 11) is 1.27. The molecule has 0 N–H and O–H groups in total. The molecule has 20 heavy (non-hydrogen) atoms. The lowest BCUT2D eigenvalue weighted by Gasteiger charge is -2.18.